The molecule has 0 radical (unpaired) electrons. The largest absolute Gasteiger partial charge is 0.462 e. The molecular formula is C10H16N2O2S. The fraction of sp³-hybridized carbons (Fsp3) is 0.600. The molecule has 1 heterocycles. The van der Waals surface area contributed by atoms with Crippen molar-refractivity contribution in [3.8, 4) is 0 Å². The Kier molecular flexibility index (Phi) is 4.55. The molecule has 1 rings (SSSR count). The average molecular weight is 228 g/mol. The molecule has 2 N–H and O–H groups in total. The Bertz CT molecular complexity index is 336. The van der Waals surface area contributed by atoms with Crippen LogP contribution in [0.2, 0.25) is 0 Å². The maximum Gasteiger partial charge on any atom is 0.350 e. The first kappa shape index (κ1) is 12.0. The van der Waals surface area contributed by atoms with Crippen molar-refractivity contribution in [3.05, 3.63) is 10.6 Å². The van der Waals surface area contributed by atoms with Crippen molar-refractivity contribution in [1.82, 2.24) is 4.98 Å². The molecule has 0 aliphatic rings. The smallest absolute Gasteiger partial charge is 0.350 e. The highest BCUT2D eigenvalue weighted by Crippen LogP contribution is 2.22. The Morgan fingerprint density at radius 2 is 2.27 bits per heavy atom. The van der Waals surface area contributed by atoms with Crippen LogP contribution < -0.4 is 5.73 Å². The average Bonchev–Trinajstić information content (AvgIpc) is 2.57. The molecule has 0 saturated carbocycles. The Hall–Kier alpha value is -1.10. The van der Waals surface area contributed by atoms with Crippen molar-refractivity contribution in [2.24, 2.45) is 0 Å². The monoisotopic (exact) mass is 228 g/mol. The maximum absolute atomic E-state index is 11.5. The zero-order chi connectivity index (χ0) is 11.3. The van der Waals surface area contributed by atoms with E-state index in [0.717, 1.165) is 25.0 Å². The van der Waals surface area contributed by atoms with E-state index in [0.29, 0.717) is 16.6 Å². The maximum atomic E-state index is 11.5. The second kappa shape index (κ2) is 5.70. The lowest BCUT2D eigenvalue weighted by atomic mass is 10.2. The number of hydrogen-bond acceptors (Lipinski definition) is 5. The summed E-state index contributed by atoms with van der Waals surface area (Å²) in [5.41, 5.74) is 6.36. The van der Waals surface area contributed by atoms with Gasteiger partial charge in [0.25, 0.3) is 0 Å². The third-order valence-corrected chi connectivity index (χ3v) is 2.85. The predicted octanol–water partition coefficient (Wildman–Crippen LogP) is 2.24. The van der Waals surface area contributed by atoms with E-state index in [2.05, 4.69) is 11.9 Å². The van der Waals surface area contributed by atoms with Crippen LogP contribution in [0, 0.1) is 0 Å². The summed E-state index contributed by atoms with van der Waals surface area (Å²) < 4.78 is 4.94. The molecule has 0 aliphatic heterocycles. The van der Waals surface area contributed by atoms with Gasteiger partial charge in [-0.15, -0.1) is 0 Å². The Balaban J connectivity index is 2.80. The minimum absolute atomic E-state index is 0.308. The number of nitrogens with two attached hydrogens (primary N) is 1. The van der Waals surface area contributed by atoms with E-state index >= 15 is 0 Å². The quantitative estimate of drug-likeness (QED) is 0.785. The van der Waals surface area contributed by atoms with Gasteiger partial charge in [0.2, 0.25) is 0 Å². The summed E-state index contributed by atoms with van der Waals surface area (Å²) >= 11 is 1.20. The van der Waals surface area contributed by atoms with Crippen LogP contribution in [-0.2, 0) is 11.2 Å². The number of nitrogens with zero attached hydrogens (tertiary/aromatic N) is 1. The van der Waals surface area contributed by atoms with Gasteiger partial charge in [-0.25, -0.2) is 9.78 Å². The summed E-state index contributed by atoms with van der Waals surface area (Å²) in [6.07, 6.45) is 2.87. The summed E-state index contributed by atoms with van der Waals surface area (Å²) in [7, 11) is 0. The van der Waals surface area contributed by atoms with Crippen molar-refractivity contribution in [2.45, 2.75) is 33.1 Å². The third kappa shape index (κ3) is 3.20. The topological polar surface area (TPSA) is 65.2 Å². The van der Waals surface area contributed by atoms with Gasteiger partial charge in [0.15, 0.2) is 5.13 Å². The number of aryl methyl sites for hydroxylation is 1. The van der Waals surface area contributed by atoms with Crippen LogP contribution in [0.25, 0.3) is 0 Å². The molecule has 0 amide bonds. The van der Waals surface area contributed by atoms with Crippen molar-refractivity contribution in [2.75, 3.05) is 12.3 Å². The van der Waals surface area contributed by atoms with Crippen LogP contribution in [0.4, 0.5) is 5.13 Å². The molecule has 0 spiro atoms. The molecule has 84 valence electrons. The summed E-state index contributed by atoms with van der Waals surface area (Å²) in [6, 6.07) is 0. The van der Waals surface area contributed by atoms with E-state index < -0.39 is 0 Å². The normalized spacial score (nSPS) is 10.3. The number of rotatable bonds is 5. The van der Waals surface area contributed by atoms with Crippen molar-refractivity contribution in [1.29, 1.82) is 0 Å². The standard InChI is InChI=1S/C10H16N2O2S/c1-3-5-6-7-8(9(13)14-4-2)15-10(11)12-7/h3-6H2,1-2H3,(H2,11,12). The summed E-state index contributed by atoms with van der Waals surface area (Å²) in [5, 5.41) is 0.434. The number of nitrogen functional groups attached to an aromatic ring is 1. The molecule has 1 aromatic heterocycles. The minimum atomic E-state index is -0.308. The van der Waals surface area contributed by atoms with Gasteiger partial charge in [-0.1, -0.05) is 24.7 Å². The van der Waals surface area contributed by atoms with Gasteiger partial charge < -0.3 is 10.5 Å². The van der Waals surface area contributed by atoms with E-state index in [-0.39, 0.29) is 5.97 Å². The summed E-state index contributed by atoms with van der Waals surface area (Å²) in [5.74, 6) is -0.308. The third-order valence-electron chi connectivity index (χ3n) is 1.94. The zero-order valence-electron chi connectivity index (χ0n) is 9.08. The predicted molar refractivity (Wildman–Crippen MR) is 61.1 cm³/mol. The number of aromatic nitrogens is 1. The molecule has 0 fully saturated rings. The fourth-order valence-electron chi connectivity index (χ4n) is 1.24. The number of hydrogen-bond donors (Lipinski definition) is 1. The van der Waals surface area contributed by atoms with E-state index in [9.17, 15) is 4.79 Å². The zero-order valence-corrected chi connectivity index (χ0v) is 9.89. The molecule has 15 heavy (non-hydrogen) atoms. The molecule has 0 aromatic carbocycles. The van der Waals surface area contributed by atoms with E-state index in [1.165, 1.54) is 11.3 Å². The first-order chi connectivity index (χ1) is 7.19. The van der Waals surface area contributed by atoms with Gasteiger partial charge in [-0.2, -0.15) is 0 Å². The van der Waals surface area contributed by atoms with Crippen molar-refractivity contribution < 1.29 is 9.53 Å². The molecule has 4 nitrogen and oxygen atoms in total. The fourth-order valence-corrected chi connectivity index (χ4v) is 2.01. The molecule has 0 unspecified atom stereocenters. The number of ether oxygens (including phenoxy) is 1. The van der Waals surface area contributed by atoms with Gasteiger partial charge in [-0.05, 0) is 19.8 Å². The number of thiazole rings is 1. The summed E-state index contributed by atoms with van der Waals surface area (Å²) in [4.78, 5) is 16.2. The molecule has 0 atom stereocenters. The Morgan fingerprint density at radius 1 is 1.53 bits per heavy atom. The number of unbranched alkanes of at least 4 members (excludes halogenated alkanes) is 1. The van der Waals surface area contributed by atoms with E-state index in [4.69, 9.17) is 10.5 Å². The second-order valence-electron chi connectivity index (χ2n) is 3.15. The molecule has 0 aliphatic carbocycles. The van der Waals surface area contributed by atoms with Gasteiger partial charge in [0.05, 0.1) is 12.3 Å². The molecule has 5 heteroatoms. The van der Waals surface area contributed by atoms with Crippen LogP contribution in [0.5, 0.6) is 0 Å². The molecule has 0 bridgehead atoms. The van der Waals surface area contributed by atoms with Crippen LogP contribution in [0.1, 0.15) is 42.1 Å². The lowest BCUT2D eigenvalue weighted by molar-refractivity contribution is 0.0530. The SMILES string of the molecule is CCCCc1nc(N)sc1C(=O)OCC. The van der Waals surface area contributed by atoms with Crippen molar-refractivity contribution >= 4 is 22.4 Å². The first-order valence-electron chi connectivity index (χ1n) is 5.11. The molecular weight excluding hydrogens is 212 g/mol. The Morgan fingerprint density at radius 3 is 2.87 bits per heavy atom. The summed E-state index contributed by atoms with van der Waals surface area (Å²) in [6.45, 7) is 4.26. The first-order valence-corrected chi connectivity index (χ1v) is 5.93. The second-order valence-corrected chi connectivity index (χ2v) is 4.18. The van der Waals surface area contributed by atoms with E-state index in [1.54, 1.807) is 6.92 Å². The van der Waals surface area contributed by atoms with Crippen LogP contribution in [0.3, 0.4) is 0 Å². The van der Waals surface area contributed by atoms with Crippen molar-refractivity contribution in [3.63, 3.8) is 0 Å². The van der Waals surface area contributed by atoms with Gasteiger partial charge in [0.1, 0.15) is 4.88 Å². The van der Waals surface area contributed by atoms with Crippen LogP contribution in [-0.4, -0.2) is 17.6 Å². The lowest BCUT2D eigenvalue weighted by Gasteiger charge is -2.00. The van der Waals surface area contributed by atoms with Crippen LogP contribution >= 0.6 is 11.3 Å². The molecule has 1 aromatic rings. The number of carbonyl (C=O) groups excluding carboxylic acids is 1. The molecule has 0 saturated heterocycles. The van der Waals surface area contributed by atoms with Crippen LogP contribution in [0.15, 0.2) is 0 Å². The Labute approximate surface area is 93.5 Å². The highest BCUT2D eigenvalue weighted by atomic mass is 32.1. The highest BCUT2D eigenvalue weighted by Gasteiger charge is 2.17. The van der Waals surface area contributed by atoms with Gasteiger partial charge >= 0.3 is 5.97 Å². The van der Waals surface area contributed by atoms with Gasteiger partial charge in [0, 0.05) is 0 Å². The van der Waals surface area contributed by atoms with Gasteiger partial charge in [-0.3, -0.25) is 0 Å². The number of carbonyl (C=O) groups is 1. The number of esters is 1. The number of anilines is 1. The minimum Gasteiger partial charge on any atom is -0.462 e. The van der Waals surface area contributed by atoms with E-state index in [1.807, 2.05) is 0 Å². The lowest BCUT2D eigenvalue weighted by Crippen LogP contribution is -2.05. The highest BCUT2D eigenvalue weighted by molar-refractivity contribution is 7.17.